The summed E-state index contributed by atoms with van der Waals surface area (Å²) in [6, 6.07) is 18.1. The van der Waals surface area contributed by atoms with E-state index < -0.39 is 21.0 Å². The topological polar surface area (TPSA) is 76.1 Å². The predicted molar refractivity (Wildman–Crippen MR) is 104 cm³/mol. The monoisotopic (exact) mass is 400 g/mol. The number of hydrogen-bond acceptors (Lipinski definition) is 4. The van der Waals surface area contributed by atoms with Crippen molar-refractivity contribution in [3.63, 3.8) is 0 Å². The second-order valence-corrected chi connectivity index (χ2v) is 8.36. The molecule has 0 saturated heterocycles. The van der Waals surface area contributed by atoms with E-state index in [4.69, 9.17) is 11.6 Å². The molecule has 0 bridgehead atoms. The van der Waals surface area contributed by atoms with Crippen LogP contribution in [0.1, 0.15) is 21.2 Å². The highest BCUT2D eigenvalue weighted by atomic mass is 35.5. The Kier molecular flexibility index (Phi) is 5.88. The number of pyridine rings is 1. The molecule has 3 aromatic rings. The van der Waals surface area contributed by atoms with Crippen LogP contribution in [0.3, 0.4) is 0 Å². The zero-order chi connectivity index (χ0) is 19.3. The number of nitrogens with one attached hydrogen (secondary N) is 1. The van der Waals surface area contributed by atoms with Crippen molar-refractivity contribution in [2.75, 3.05) is 6.54 Å². The minimum Gasteiger partial charge on any atom is -0.350 e. The molecule has 27 heavy (non-hydrogen) atoms. The molecule has 3 rings (SSSR count). The zero-order valence-electron chi connectivity index (χ0n) is 14.2. The van der Waals surface area contributed by atoms with Gasteiger partial charge in [-0.15, -0.1) is 0 Å². The molecule has 0 aliphatic rings. The number of hydrogen-bond donors (Lipinski definition) is 1. The Morgan fingerprint density at radius 3 is 2.37 bits per heavy atom. The van der Waals surface area contributed by atoms with E-state index in [1.807, 2.05) is 0 Å². The minimum absolute atomic E-state index is 0.104. The first kappa shape index (κ1) is 19.1. The van der Waals surface area contributed by atoms with E-state index in [9.17, 15) is 13.2 Å². The molecule has 7 heteroatoms. The lowest BCUT2D eigenvalue weighted by Crippen LogP contribution is -2.32. The lowest BCUT2D eigenvalue weighted by molar-refractivity contribution is 0.0954. The molecule has 1 aromatic heterocycles. The Morgan fingerprint density at radius 1 is 1.00 bits per heavy atom. The van der Waals surface area contributed by atoms with Gasteiger partial charge in [0.25, 0.3) is 5.91 Å². The largest absolute Gasteiger partial charge is 0.350 e. The molecule has 0 aliphatic heterocycles. The summed E-state index contributed by atoms with van der Waals surface area (Å²) in [5, 5.41) is 2.02. The molecule has 1 amide bonds. The molecule has 0 fully saturated rings. The smallest absolute Gasteiger partial charge is 0.252 e. The molecule has 1 N–H and O–H groups in total. The van der Waals surface area contributed by atoms with E-state index in [0.717, 1.165) is 0 Å². The van der Waals surface area contributed by atoms with Gasteiger partial charge in [-0.2, -0.15) is 0 Å². The molecule has 0 spiro atoms. The van der Waals surface area contributed by atoms with Crippen LogP contribution in [-0.4, -0.2) is 25.9 Å². The summed E-state index contributed by atoms with van der Waals surface area (Å²) in [6.07, 6.45) is 3.06. The third kappa shape index (κ3) is 4.35. The summed E-state index contributed by atoms with van der Waals surface area (Å²) >= 11 is 6.05. The SMILES string of the molecule is O=C(NC[C@@H](c1cccnc1)S(=O)(=O)c1ccccc1)c1ccccc1Cl. The van der Waals surface area contributed by atoms with E-state index in [-0.39, 0.29) is 11.4 Å². The van der Waals surface area contributed by atoms with Gasteiger partial charge in [-0.05, 0) is 35.9 Å². The maximum atomic E-state index is 13.1. The molecule has 2 aromatic carbocycles. The van der Waals surface area contributed by atoms with Crippen molar-refractivity contribution in [3.05, 3.63) is 95.3 Å². The van der Waals surface area contributed by atoms with Crippen LogP contribution in [0, 0.1) is 0 Å². The average molecular weight is 401 g/mol. The Balaban J connectivity index is 1.90. The highest BCUT2D eigenvalue weighted by molar-refractivity contribution is 7.91. The van der Waals surface area contributed by atoms with Gasteiger partial charge in [-0.1, -0.05) is 48.0 Å². The molecular weight excluding hydrogens is 384 g/mol. The fourth-order valence-corrected chi connectivity index (χ4v) is 4.56. The van der Waals surface area contributed by atoms with E-state index in [1.54, 1.807) is 60.8 Å². The van der Waals surface area contributed by atoms with Crippen molar-refractivity contribution in [1.29, 1.82) is 0 Å². The summed E-state index contributed by atoms with van der Waals surface area (Å²) in [5.74, 6) is -0.433. The van der Waals surface area contributed by atoms with Gasteiger partial charge >= 0.3 is 0 Å². The number of benzene rings is 2. The molecule has 1 heterocycles. The Labute approximate surface area is 163 Å². The average Bonchev–Trinajstić information content (AvgIpc) is 2.69. The molecule has 0 radical (unpaired) electrons. The summed E-state index contributed by atoms with van der Waals surface area (Å²) in [6.45, 7) is -0.104. The van der Waals surface area contributed by atoms with Crippen molar-refractivity contribution in [1.82, 2.24) is 10.3 Å². The standard InChI is InChI=1S/C20H17ClN2O3S/c21-18-11-5-4-10-17(18)20(24)23-14-19(15-7-6-12-22-13-15)27(25,26)16-8-2-1-3-9-16/h1-13,19H,14H2,(H,23,24)/t19-/m0/s1. The quantitative estimate of drug-likeness (QED) is 0.684. The van der Waals surface area contributed by atoms with E-state index >= 15 is 0 Å². The van der Waals surface area contributed by atoms with Crippen LogP contribution in [0.4, 0.5) is 0 Å². The third-order valence-electron chi connectivity index (χ3n) is 4.07. The van der Waals surface area contributed by atoms with Crippen LogP contribution in [0.15, 0.2) is 84.0 Å². The molecule has 138 valence electrons. The first-order valence-corrected chi connectivity index (χ1v) is 10.1. The van der Waals surface area contributed by atoms with Crippen LogP contribution in [-0.2, 0) is 9.84 Å². The molecule has 0 aliphatic carbocycles. The van der Waals surface area contributed by atoms with Gasteiger partial charge in [0.15, 0.2) is 9.84 Å². The van der Waals surface area contributed by atoms with E-state index in [2.05, 4.69) is 10.3 Å². The normalized spacial score (nSPS) is 12.3. The first-order valence-electron chi connectivity index (χ1n) is 8.22. The number of carbonyl (C=O) groups excluding carboxylic acids is 1. The van der Waals surface area contributed by atoms with Crippen molar-refractivity contribution < 1.29 is 13.2 Å². The third-order valence-corrected chi connectivity index (χ3v) is 6.52. The molecular formula is C20H17ClN2O3S. The minimum atomic E-state index is -3.73. The second kappa shape index (κ2) is 8.33. The lowest BCUT2D eigenvalue weighted by Gasteiger charge is -2.19. The van der Waals surface area contributed by atoms with E-state index in [1.165, 1.54) is 18.3 Å². The highest BCUT2D eigenvalue weighted by Crippen LogP contribution is 2.28. The van der Waals surface area contributed by atoms with Crippen molar-refractivity contribution in [3.8, 4) is 0 Å². The van der Waals surface area contributed by atoms with Crippen LogP contribution in [0.25, 0.3) is 0 Å². The maximum Gasteiger partial charge on any atom is 0.252 e. The van der Waals surface area contributed by atoms with E-state index in [0.29, 0.717) is 16.1 Å². The Hall–Kier alpha value is -2.70. The van der Waals surface area contributed by atoms with Gasteiger partial charge < -0.3 is 5.32 Å². The molecule has 0 saturated carbocycles. The van der Waals surface area contributed by atoms with Crippen molar-refractivity contribution in [2.24, 2.45) is 0 Å². The van der Waals surface area contributed by atoms with Crippen molar-refractivity contribution >= 4 is 27.3 Å². The number of halogens is 1. The fraction of sp³-hybridized carbons (Fsp3) is 0.100. The van der Waals surface area contributed by atoms with Gasteiger partial charge in [0.2, 0.25) is 0 Å². The molecule has 5 nitrogen and oxygen atoms in total. The number of nitrogens with zero attached hydrogens (tertiary/aromatic N) is 1. The number of rotatable bonds is 6. The lowest BCUT2D eigenvalue weighted by atomic mass is 10.2. The van der Waals surface area contributed by atoms with Gasteiger partial charge in [-0.3, -0.25) is 9.78 Å². The molecule has 1 atom stereocenters. The van der Waals surface area contributed by atoms with Crippen LogP contribution < -0.4 is 5.32 Å². The Bertz CT molecular complexity index is 1030. The first-order chi connectivity index (χ1) is 13.0. The van der Waals surface area contributed by atoms with Gasteiger partial charge in [0.1, 0.15) is 5.25 Å². The number of amides is 1. The zero-order valence-corrected chi connectivity index (χ0v) is 15.8. The molecule has 0 unspecified atom stereocenters. The van der Waals surface area contributed by atoms with Crippen LogP contribution in [0.2, 0.25) is 5.02 Å². The fourth-order valence-electron chi connectivity index (χ4n) is 2.67. The summed E-state index contributed by atoms with van der Waals surface area (Å²) < 4.78 is 26.3. The predicted octanol–water partition coefficient (Wildman–Crippen LogP) is 3.68. The highest BCUT2D eigenvalue weighted by Gasteiger charge is 2.30. The van der Waals surface area contributed by atoms with Gasteiger partial charge in [0.05, 0.1) is 15.5 Å². The summed E-state index contributed by atoms with van der Waals surface area (Å²) in [7, 11) is -3.73. The van der Waals surface area contributed by atoms with Crippen LogP contribution in [0.5, 0.6) is 0 Å². The number of sulfone groups is 1. The summed E-state index contributed by atoms with van der Waals surface area (Å²) in [4.78, 5) is 16.7. The number of aromatic nitrogens is 1. The van der Waals surface area contributed by atoms with Gasteiger partial charge in [0, 0.05) is 18.9 Å². The van der Waals surface area contributed by atoms with Gasteiger partial charge in [-0.25, -0.2) is 8.42 Å². The summed E-state index contributed by atoms with van der Waals surface area (Å²) in [5.41, 5.74) is 0.794. The Morgan fingerprint density at radius 2 is 1.70 bits per heavy atom. The second-order valence-electron chi connectivity index (χ2n) is 5.82. The maximum absolute atomic E-state index is 13.1. The number of carbonyl (C=O) groups is 1. The van der Waals surface area contributed by atoms with Crippen LogP contribution >= 0.6 is 11.6 Å². The van der Waals surface area contributed by atoms with Crippen molar-refractivity contribution in [2.45, 2.75) is 10.1 Å².